The van der Waals surface area contributed by atoms with Crippen molar-refractivity contribution in [2.24, 2.45) is 0 Å². The second kappa shape index (κ2) is 9.65. The second-order valence-electron chi connectivity index (χ2n) is 12.7. The van der Waals surface area contributed by atoms with Crippen molar-refractivity contribution in [2.75, 3.05) is 0 Å². The molecule has 0 bridgehead atoms. The van der Waals surface area contributed by atoms with Crippen molar-refractivity contribution in [1.29, 1.82) is 0 Å². The number of aliphatic hydroxyl groups excluding tert-OH is 1. The number of carbonyl (C=O) groups excluding carboxylic acids is 1. The summed E-state index contributed by atoms with van der Waals surface area (Å²) in [5.74, 6) is -1.91. The Hall–Kier alpha value is -3.78. The van der Waals surface area contributed by atoms with Gasteiger partial charge < -0.3 is 29.2 Å². The lowest BCUT2D eigenvalue weighted by Crippen LogP contribution is -2.41. The molecule has 1 fully saturated rings. The van der Waals surface area contributed by atoms with Crippen molar-refractivity contribution >= 4 is 22.8 Å². The molecule has 218 valence electrons. The smallest absolute Gasteiger partial charge is 0.266 e. The second-order valence-corrected chi connectivity index (χ2v) is 12.7. The van der Waals surface area contributed by atoms with Crippen LogP contribution >= 0.6 is 0 Å². The average Bonchev–Trinajstić information content (AvgIpc) is 3.26. The van der Waals surface area contributed by atoms with Crippen LogP contribution < -0.4 is 10.2 Å². The van der Waals surface area contributed by atoms with E-state index in [0.29, 0.717) is 24.2 Å². The third-order valence-electron chi connectivity index (χ3n) is 8.27. The fraction of sp³-hybridized carbons (Fsp3) is 0.455. The summed E-state index contributed by atoms with van der Waals surface area (Å²) in [6, 6.07) is 1.38. The highest BCUT2D eigenvalue weighted by Crippen LogP contribution is 2.54. The van der Waals surface area contributed by atoms with Crippen molar-refractivity contribution in [2.45, 2.75) is 96.9 Å². The van der Waals surface area contributed by atoms with Crippen molar-refractivity contribution in [3.05, 3.63) is 74.1 Å². The number of fused-ring (bicyclic) bond motifs is 6. The molecular weight excluding hydrogens is 524 g/mol. The monoisotopic (exact) mass is 562 g/mol. The lowest BCUT2D eigenvalue weighted by molar-refractivity contribution is -0.0643. The molecule has 8 heteroatoms. The third-order valence-corrected chi connectivity index (χ3v) is 8.27. The summed E-state index contributed by atoms with van der Waals surface area (Å²) in [7, 11) is 0. The van der Waals surface area contributed by atoms with Gasteiger partial charge in [0, 0.05) is 12.5 Å². The normalized spacial score (nSPS) is 23.6. The van der Waals surface area contributed by atoms with Gasteiger partial charge in [0.25, 0.3) is 5.78 Å². The first-order chi connectivity index (χ1) is 19.1. The first-order valence-corrected chi connectivity index (χ1v) is 14.0. The lowest BCUT2D eigenvalue weighted by Gasteiger charge is -2.33. The van der Waals surface area contributed by atoms with Crippen molar-refractivity contribution in [3.63, 3.8) is 0 Å². The van der Waals surface area contributed by atoms with E-state index in [4.69, 9.17) is 13.9 Å². The number of aliphatic hydroxyl groups is 2. The maximum Gasteiger partial charge on any atom is 0.266 e. The number of hydrogen-bond donors (Lipinski definition) is 3. The number of phenols is 1. The lowest BCUT2D eigenvalue weighted by atomic mass is 9.67. The van der Waals surface area contributed by atoms with E-state index < -0.39 is 39.7 Å². The van der Waals surface area contributed by atoms with Crippen LogP contribution in [-0.2, 0) is 10.2 Å². The largest absolute Gasteiger partial charge is 0.507 e. The maximum absolute atomic E-state index is 14.4. The van der Waals surface area contributed by atoms with Gasteiger partial charge in [0.15, 0.2) is 17.1 Å². The standard InChI is InChI=1S/C33H38O8/c1-17(2)9-8-12-32(7,38)22-16-33(14-10-18(3)4)24-25(35)23-20(34)15-21-19(11-13-31(5,6)41-21)28(23)40-29(24)26(36)27(37)30(33)39-22/h9-11,13,15,22,34,37-38H,8,12,14,16H2,1-7H3/t22-,32?,33+/m0/s1. The fourth-order valence-electron chi connectivity index (χ4n) is 6.01. The van der Waals surface area contributed by atoms with Crippen LogP contribution in [0.3, 0.4) is 0 Å². The summed E-state index contributed by atoms with van der Waals surface area (Å²) < 4.78 is 18.4. The number of aromatic hydroxyl groups is 1. The topological polar surface area (TPSA) is 126 Å². The summed E-state index contributed by atoms with van der Waals surface area (Å²) >= 11 is 0. The van der Waals surface area contributed by atoms with Crippen molar-refractivity contribution in [3.8, 4) is 11.5 Å². The van der Waals surface area contributed by atoms with Crippen LogP contribution in [-0.4, -0.2) is 38.4 Å². The SMILES string of the molecule is CC(C)=CCCC(C)(O)[C@@H]1C[C@@]2(CC=C(C)C)C(=C(O)C(=O)c3oc4c5c(cc(O)c4c(=O)c32)OC(C)(C)C=C5)O1. The molecule has 5 rings (SSSR count). The van der Waals surface area contributed by atoms with Crippen LogP contribution in [0.15, 0.2) is 56.2 Å². The summed E-state index contributed by atoms with van der Waals surface area (Å²) in [6.07, 6.45) is 7.97. The van der Waals surface area contributed by atoms with Crippen LogP contribution in [0.25, 0.3) is 17.0 Å². The number of allylic oxidation sites excluding steroid dienone is 6. The quantitative estimate of drug-likeness (QED) is 0.339. The molecule has 0 saturated carbocycles. The number of ether oxygens (including phenoxy) is 2. The molecule has 0 radical (unpaired) electrons. The van der Waals surface area contributed by atoms with E-state index in [1.165, 1.54) is 6.07 Å². The van der Waals surface area contributed by atoms with Gasteiger partial charge in [-0.1, -0.05) is 23.3 Å². The number of ketones is 1. The zero-order valence-electron chi connectivity index (χ0n) is 24.7. The first-order valence-electron chi connectivity index (χ1n) is 14.0. The van der Waals surface area contributed by atoms with Crippen LogP contribution in [0.4, 0.5) is 0 Å². The minimum atomic E-state index is -1.33. The van der Waals surface area contributed by atoms with Gasteiger partial charge in [0.2, 0.25) is 11.2 Å². The van der Waals surface area contributed by atoms with Gasteiger partial charge in [0.05, 0.1) is 22.1 Å². The Kier molecular flexibility index (Phi) is 6.77. The maximum atomic E-state index is 14.4. The molecular formula is C33H38O8. The number of benzene rings is 1. The molecule has 2 aliphatic heterocycles. The van der Waals surface area contributed by atoms with Gasteiger partial charge in [-0.25, -0.2) is 0 Å². The van der Waals surface area contributed by atoms with E-state index in [1.807, 2.05) is 53.7 Å². The van der Waals surface area contributed by atoms with Crippen LogP contribution in [0.2, 0.25) is 0 Å². The number of hydrogen-bond acceptors (Lipinski definition) is 8. The molecule has 3 aliphatic rings. The molecule has 1 saturated heterocycles. The van der Waals surface area contributed by atoms with Crippen LogP contribution in [0.1, 0.15) is 95.8 Å². The van der Waals surface area contributed by atoms with Crippen molar-refractivity contribution < 1.29 is 34.0 Å². The van der Waals surface area contributed by atoms with Crippen molar-refractivity contribution in [1.82, 2.24) is 0 Å². The molecule has 1 aromatic heterocycles. The van der Waals surface area contributed by atoms with E-state index in [9.17, 15) is 24.9 Å². The highest BCUT2D eigenvalue weighted by Gasteiger charge is 2.59. The molecule has 8 nitrogen and oxygen atoms in total. The molecule has 1 aromatic carbocycles. The van der Waals surface area contributed by atoms with E-state index in [-0.39, 0.29) is 46.6 Å². The van der Waals surface area contributed by atoms with Crippen LogP contribution in [0, 0.1) is 0 Å². The predicted molar refractivity (Wildman–Crippen MR) is 156 cm³/mol. The molecule has 0 amide bonds. The summed E-state index contributed by atoms with van der Waals surface area (Å²) in [5, 5.41) is 33.7. The van der Waals surface area contributed by atoms with Gasteiger partial charge in [-0.2, -0.15) is 0 Å². The Morgan fingerprint density at radius 2 is 1.80 bits per heavy atom. The zero-order chi connectivity index (χ0) is 30.1. The summed E-state index contributed by atoms with van der Waals surface area (Å²) in [4.78, 5) is 27.9. The minimum Gasteiger partial charge on any atom is -0.507 e. The number of rotatable bonds is 6. The minimum absolute atomic E-state index is 0.00153. The van der Waals surface area contributed by atoms with E-state index in [0.717, 1.165) is 11.1 Å². The number of phenolic OH excluding ortho intramolecular Hbond substituents is 1. The van der Waals surface area contributed by atoms with E-state index in [2.05, 4.69) is 0 Å². The first kappa shape index (κ1) is 28.7. The Morgan fingerprint density at radius 1 is 1.12 bits per heavy atom. The van der Waals surface area contributed by atoms with Gasteiger partial charge >= 0.3 is 0 Å². The van der Waals surface area contributed by atoms with E-state index >= 15 is 0 Å². The summed E-state index contributed by atoms with van der Waals surface area (Å²) in [5.41, 5.74) is -1.35. The summed E-state index contributed by atoms with van der Waals surface area (Å²) in [6.45, 7) is 13.1. The predicted octanol–water partition coefficient (Wildman–Crippen LogP) is 6.53. The highest BCUT2D eigenvalue weighted by atomic mass is 16.5. The van der Waals surface area contributed by atoms with Crippen LogP contribution in [0.5, 0.6) is 11.5 Å². The van der Waals surface area contributed by atoms with Gasteiger partial charge in [-0.3, -0.25) is 9.59 Å². The van der Waals surface area contributed by atoms with E-state index in [1.54, 1.807) is 19.1 Å². The van der Waals surface area contributed by atoms with Gasteiger partial charge in [0.1, 0.15) is 28.6 Å². The molecule has 3 N–H and O–H groups in total. The molecule has 3 heterocycles. The molecule has 1 aliphatic carbocycles. The fourth-order valence-corrected chi connectivity index (χ4v) is 6.01. The molecule has 2 aromatic rings. The Labute approximate surface area is 239 Å². The molecule has 41 heavy (non-hydrogen) atoms. The number of Topliss-reactive ketones (excluding diaryl/α,β-unsaturated/α-hetero) is 1. The zero-order valence-corrected chi connectivity index (χ0v) is 24.7. The third kappa shape index (κ3) is 4.68. The Morgan fingerprint density at radius 3 is 2.46 bits per heavy atom. The molecule has 0 spiro atoms. The van der Waals surface area contributed by atoms with Gasteiger partial charge in [-0.15, -0.1) is 0 Å². The van der Waals surface area contributed by atoms with Gasteiger partial charge in [-0.05, 0) is 79.9 Å². The molecule has 3 atom stereocenters. The Bertz CT molecular complexity index is 1640. The highest BCUT2D eigenvalue weighted by molar-refractivity contribution is 6.10. The Balaban J connectivity index is 1.75. The average molecular weight is 563 g/mol. The molecule has 1 unspecified atom stereocenters. The number of carbonyl (C=O) groups is 1.